The van der Waals surface area contributed by atoms with Crippen LogP contribution in [0.1, 0.15) is 26.3 Å². The average Bonchev–Trinajstić information content (AvgIpc) is 2.51. The first-order chi connectivity index (χ1) is 12.4. The van der Waals surface area contributed by atoms with Crippen molar-refractivity contribution in [1.29, 1.82) is 0 Å². The Bertz CT molecular complexity index is 771. The van der Waals surface area contributed by atoms with Crippen molar-refractivity contribution >= 4 is 28.2 Å². The molecule has 27 heavy (non-hydrogen) atoms. The van der Waals surface area contributed by atoms with E-state index in [4.69, 9.17) is 14.6 Å². The molecule has 1 amide bonds. The van der Waals surface area contributed by atoms with E-state index in [0.717, 1.165) is 0 Å². The van der Waals surface area contributed by atoms with Crippen LogP contribution < -0.4 is 9.44 Å². The largest absolute Gasteiger partial charge is 0.481 e. The van der Waals surface area contributed by atoms with E-state index in [1.54, 1.807) is 35.1 Å². The summed E-state index contributed by atoms with van der Waals surface area (Å²) < 4.78 is 36.6. The van der Waals surface area contributed by atoms with Gasteiger partial charge in [-0.1, -0.05) is 30.3 Å². The van der Waals surface area contributed by atoms with Gasteiger partial charge in [0.1, 0.15) is 12.2 Å². The number of carbonyl (C=O) groups is 3. The maximum absolute atomic E-state index is 11.9. The van der Waals surface area contributed by atoms with Crippen molar-refractivity contribution in [2.75, 3.05) is 6.54 Å². The molecule has 0 unspecified atom stereocenters. The van der Waals surface area contributed by atoms with Crippen LogP contribution in [0.2, 0.25) is 0 Å². The standard InChI is InChI=1S/C16H22N2O8S/c1-16(2,3)26-15(22)18-27(23,24)17-9-12(13(19)20)14(21)25-10-11-7-5-4-6-8-11/h4-8,12,17H,9-10H2,1-3H3,(H,18,22)(H,19,20)/t12-/m0/s1. The van der Waals surface area contributed by atoms with Gasteiger partial charge in [-0.15, -0.1) is 0 Å². The van der Waals surface area contributed by atoms with E-state index in [2.05, 4.69) is 0 Å². The summed E-state index contributed by atoms with van der Waals surface area (Å²) in [6, 6.07) is 8.55. The van der Waals surface area contributed by atoms with Gasteiger partial charge in [0.15, 0.2) is 5.92 Å². The number of benzene rings is 1. The van der Waals surface area contributed by atoms with Crippen LogP contribution >= 0.6 is 0 Å². The fraction of sp³-hybridized carbons (Fsp3) is 0.438. The molecule has 1 aromatic carbocycles. The van der Waals surface area contributed by atoms with Crippen molar-refractivity contribution in [2.24, 2.45) is 5.92 Å². The molecule has 0 aliphatic rings. The van der Waals surface area contributed by atoms with Gasteiger partial charge in [-0.25, -0.2) is 9.52 Å². The molecule has 0 aliphatic heterocycles. The van der Waals surface area contributed by atoms with Gasteiger partial charge in [0.05, 0.1) is 0 Å². The SMILES string of the molecule is CC(C)(C)OC(=O)NS(=O)(=O)NC[C@@H](C(=O)O)C(=O)OCc1ccccc1. The maximum Gasteiger partial charge on any atom is 0.422 e. The monoisotopic (exact) mass is 402 g/mol. The fourth-order valence-electron chi connectivity index (χ4n) is 1.74. The number of ether oxygens (including phenoxy) is 2. The van der Waals surface area contributed by atoms with Gasteiger partial charge in [-0.3, -0.25) is 9.59 Å². The molecule has 0 radical (unpaired) electrons. The second kappa shape index (κ2) is 9.33. The van der Waals surface area contributed by atoms with Crippen LogP contribution in [0.4, 0.5) is 4.79 Å². The van der Waals surface area contributed by atoms with Crippen molar-refractivity contribution in [3.63, 3.8) is 0 Å². The summed E-state index contributed by atoms with van der Waals surface area (Å²) in [5.74, 6) is -4.48. The Kier molecular flexibility index (Phi) is 7.73. The minimum absolute atomic E-state index is 0.160. The number of amides is 1. The molecule has 0 spiro atoms. The Morgan fingerprint density at radius 1 is 1.15 bits per heavy atom. The quantitative estimate of drug-likeness (QED) is 0.427. The number of nitrogens with one attached hydrogen (secondary N) is 2. The minimum atomic E-state index is -4.43. The van der Waals surface area contributed by atoms with Gasteiger partial charge in [-0.2, -0.15) is 13.1 Å². The summed E-state index contributed by atoms with van der Waals surface area (Å²) in [6.07, 6.45) is -1.24. The Morgan fingerprint density at radius 3 is 2.26 bits per heavy atom. The Morgan fingerprint density at radius 2 is 1.74 bits per heavy atom. The van der Waals surface area contributed by atoms with Gasteiger partial charge in [0.2, 0.25) is 0 Å². The first-order valence-corrected chi connectivity index (χ1v) is 9.32. The average molecular weight is 402 g/mol. The van der Waals surface area contributed by atoms with Crippen LogP contribution in [-0.2, 0) is 35.9 Å². The summed E-state index contributed by atoms with van der Waals surface area (Å²) in [5.41, 5.74) is -0.285. The molecule has 10 nitrogen and oxygen atoms in total. The highest BCUT2D eigenvalue weighted by atomic mass is 32.2. The molecular formula is C16H22N2O8S. The second-order valence-corrected chi connectivity index (χ2v) is 7.94. The van der Waals surface area contributed by atoms with E-state index in [9.17, 15) is 22.8 Å². The van der Waals surface area contributed by atoms with Crippen molar-refractivity contribution in [3.8, 4) is 0 Å². The van der Waals surface area contributed by atoms with Crippen LogP contribution in [0.3, 0.4) is 0 Å². The molecule has 0 fully saturated rings. The van der Waals surface area contributed by atoms with E-state index >= 15 is 0 Å². The molecule has 0 bridgehead atoms. The van der Waals surface area contributed by atoms with Crippen molar-refractivity contribution in [2.45, 2.75) is 33.0 Å². The highest BCUT2D eigenvalue weighted by Crippen LogP contribution is 2.08. The number of esters is 1. The maximum atomic E-state index is 11.9. The first-order valence-electron chi connectivity index (χ1n) is 7.83. The molecule has 0 heterocycles. The van der Waals surface area contributed by atoms with Gasteiger partial charge in [-0.05, 0) is 26.3 Å². The predicted octanol–water partition coefficient (Wildman–Crippen LogP) is 0.790. The third kappa shape index (κ3) is 9.01. The smallest absolute Gasteiger partial charge is 0.422 e. The Balaban J connectivity index is 2.61. The predicted molar refractivity (Wildman–Crippen MR) is 93.7 cm³/mol. The number of rotatable bonds is 8. The van der Waals surface area contributed by atoms with Crippen LogP contribution in [0.5, 0.6) is 0 Å². The lowest BCUT2D eigenvalue weighted by atomic mass is 10.1. The molecule has 0 aliphatic carbocycles. The van der Waals surface area contributed by atoms with E-state index in [1.165, 1.54) is 20.8 Å². The number of carboxylic acids is 1. The second-order valence-electron chi connectivity index (χ2n) is 6.44. The van der Waals surface area contributed by atoms with E-state index in [-0.39, 0.29) is 6.61 Å². The first kappa shape index (κ1) is 22.4. The van der Waals surface area contributed by atoms with Gasteiger partial charge >= 0.3 is 28.2 Å². The number of carbonyl (C=O) groups excluding carboxylic acids is 2. The summed E-state index contributed by atoms with van der Waals surface area (Å²) >= 11 is 0. The Hall–Kier alpha value is -2.66. The molecule has 1 atom stereocenters. The number of carboxylic acid groups (broad SMARTS) is 1. The van der Waals surface area contributed by atoms with Crippen LogP contribution in [-0.4, -0.2) is 43.7 Å². The van der Waals surface area contributed by atoms with E-state index < -0.39 is 46.3 Å². The van der Waals surface area contributed by atoms with Crippen molar-refractivity contribution in [3.05, 3.63) is 35.9 Å². The molecule has 0 saturated heterocycles. The van der Waals surface area contributed by atoms with Gasteiger partial charge < -0.3 is 14.6 Å². The molecule has 0 aromatic heterocycles. The molecule has 0 saturated carbocycles. The highest BCUT2D eigenvalue weighted by molar-refractivity contribution is 7.88. The zero-order valence-electron chi connectivity index (χ0n) is 15.1. The van der Waals surface area contributed by atoms with Crippen LogP contribution in [0, 0.1) is 5.92 Å². The molecule has 150 valence electrons. The molecule has 3 N–H and O–H groups in total. The van der Waals surface area contributed by atoms with Gasteiger partial charge in [0, 0.05) is 6.54 Å². The highest BCUT2D eigenvalue weighted by Gasteiger charge is 2.30. The van der Waals surface area contributed by atoms with Crippen LogP contribution in [0.25, 0.3) is 0 Å². The van der Waals surface area contributed by atoms with E-state index in [0.29, 0.717) is 5.56 Å². The summed E-state index contributed by atoms with van der Waals surface area (Å²) in [5, 5.41) is 9.12. The topological polar surface area (TPSA) is 148 Å². The van der Waals surface area contributed by atoms with Crippen molar-refractivity contribution < 1.29 is 37.4 Å². The zero-order chi connectivity index (χ0) is 20.7. The van der Waals surface area contributed by atoms with Gasteiger partial charge in [0.25, 0.3) is 0 Å². The molecular weight excluding hydrogens is 380 g/mol. The summed E-state index contributed by atoms with van der Waals surface area (Å²) in [6.45, 7) is 3.65. The lowest BCUT2D eigenvalue weighted by Gasteiger charge is -2.20. The third-order valence-electron chi connectivity index (χ3n) is 2.90. The minimum Gasteiger partial charge on any atom is -0.481 e. The number of hydrogen-bond acceptors (Lipinski definition) is 7. The normalized spacial score (nSPS) is 12.7. The summed E-state index contributed by atoms with van der Waals surface area (Å²) in [7, 11) is -4.43. The number of hydrogen-bond donors (Lipinski definition) is 3. The summed E-state index contributed by atoms with van der Waals surface area (Å²) in [4.78, 5) is 34.7. The van der Waals surface area contributed by atoms with Crippen LogP contribution in [0.15, 0.2) is 30.3 Å². The lowest BCUT2D eigenvalue weighted by molar-refractivity contribution is -0.159. The molecule has 11 heteroatoms. The lowest BCUT2D eigenvalue weighted by Crippen LogP contribution is -2.46. The zero-order valence-corrected chi connectivity index (χ0v) is 15.9. The van der Waals surface area contributed by atoms with Crippen molar-refractivity contribution in [1.82, 2.24) is 9.44 Å². The third-order valence-corrected chi connectivity index (χ3v) is 3.88. The molecule has 1 rings (SSSR count). The van der Waals surface area contributed by atoms with E-state index in [1.807, 2.05) is 4.72 Å². The molecule has 1 aromatic rings. The fourth-order valence-corrected chi connectivity index (χ4v) is 2.46. The number of aliphatic carboxylic acids is 1. The Labute approximate surface area is 157 Å².